The Morgan fingerprint density at radius 1 is 1.58 bits per heavy atom. The molecule has 0 amide bonds. The Morgan fingerprint density at radius 2 is 2.38 bits per heavy atom. The third-order valence-corrected chi connectivity index (χ3v) is 4.02. The number of hydrogen-bond acceptors (Lipinski definition) is 8. The Morgan fingerprint density at radius 3 is 3.08 bits per heavy atom. The number of aromatic amines is 1. The third kappa shape index (κ3) is 2.67. The summed E-state index contributed by atoms with van der Waals surface area (Å²) in [5, 5.41) is 23.2. The first kappa shape index (κ1) is 16.2. The number of rotatable bonds is 5. The van der Waals surface area contributed by atoms with Gasteiger partial charge in [0.15, 0.2) is 17.4 Å². The average Bonchev–Trinajstić information content (AvgIpc) is 3.08. The van der Waals surface area contributed by atoms with Crippen LogP contribution in [-0.2, 0) is 4.74 Å². The van der Waals surface area contributed by atoms with Crippen LogP contribution in [0.4, 0.5) is 5.95 Å². The van der Waals surface area contributed by atoms with Gasteiger partial charge in [-0.25, -0.2) is 4.98 Å². The minimum atomic E-state index is -1.04. The van der Waals surface area contributed by atoms with Crippen molar-refractivity contribution in [3.8, 4) is 0 Å². The number of aromatic nitrogens is 4. The first-order chi connectivity index (χ1) is 11.6. The molecule has 0 aromatic carbocycles. The van der Waals surface area contributed by atoms with E-state index < -0.39 is 29.9 Å². The van der Waals surface area contributed by atoms with E-state index in [1.165, 1.54) is 10.9 Å². The predicted molar refractivity (Wildman–Crippen MR) is 81.7 cm³/mol. The summed E-state index contributed by atoms with van der Waals surface area (Å²) in [7, 11) is 0. The van der Waals surface area contributed by atoms with Crippen molar-refractivity contribution in [2.24, 2.45) is 11.0 Å². The van der Waals surface area contributed by atoms with Crippen molar-refractivity contribution in [1.82, 2.24) is 19.5 Å². The molecule has 0 saturated carbocycles. The molecule has 1 saturated heterocycles. The lowest BCUT2D eigenvalue weighted by molar-refractivity contribution is -0.0401. The van der Waals surface area contributed by atoms with Crippen molar-refractivity contribution in [1.29, 1.82) is 0 Å². The maximum Gasteiger partial charge on any atom is 0.280 e. The number of nitrogens with one attached hydrogen (secondary N) is 1. The lowest BCUT2D eigenvalue weighted by atomic mass is 9.96. The molecule has 1 aliphatic heterocycles. The van der Waals surface area contributed by atoms with E-state index in [1.807, 2.05) is 0 Å². The molecule has 3 heterocycles. The van der Waals surface area contributed by atoms with E-state index >= 15 is 0 Å². The van der Waals surface area contributed by atoms with Gasteiger partial charge in [0.25, 0.3) is 5.56 Å². The molecule has 2 aromatic heterocycles. The minimum absolute atomic E-state index is 0.0155. The maximum atomic E-state index is 11.8. The van der Waals surface area contributed by atoms with E-state index in [-0.39, 0.29) is 36.7 Å². The summed E-state index contributed by atoms with van der Waals surface area (Å²) in [6, 6.07) is 0. The van der Waals surface area contributed by atoms with E-state index in [0.29, 0.717) is 0 Å². The highest BCUT2D eigenvalue weighted by molar-refractivity contribution is 5.70. The summed E-state index contributed by atoms with van der Waals surface area (Å²) in [6.07, 6.45) is -0.850. The van der Waals surface area contributed by atoms with Crippen LogP contribution in [0.25, 0.3) is 21.6 Å². The van der Waals surface area contributed by atoms with Crippen molar-refractivity contribution in [3.63, 3.8) is 0 Å². The zero-order valence-electron chi connectivity index (χ0n) is 12.5. The van der Waals surface area contributed by atoms with Crippen LogP contribution >= 0.6 is 0 Å². The van der Waals surface area contributed by atoms with Gasteiger partial charge in [0.2, 0.25) is 5.95 Å². The molecule has 12 nitrogen and oxygen atoms in total. The van der Waals surface area contributed by atoms with Crippen LogP contribution in [-0.4, -0.2) is 55.1 Å². The van der Waals surface area contributed by atoms with Crippen LogP contribution in [0.3, 0.4) is 0 Å². The molecule has 12 heteroatoms. The van der Waals surface area contributed by atoms with Crippen LogP contribution in [0.2, 0.25) is 0 Å². The van der Waals surface area contributed by atoms with Crippen molar-refractivity contribution in [3.05, 3.63) is 27.1 Å². The fourth-order valence-electron chi connectivity index (χ4n) is 2.92. The van der Waals surface area contributed by atoms with Gasteiger partial charge in [-0.05, 0) is 12.0 Å². The number of H-pyrrole nitrogens is 1. The van der Waals surface area contributed by atoms with Gasteiger partial charge in [0, 0.05) is 24.0 Å². The summed E-state index contributed by atoms with van der Waals surface area (Å²) in [4.78, 5) is 24.9. The van der Waals surface area contributed by atoms with Gasteiger partial charge in [0.05, 0.1) is 12.4 Å². The quantitative estimate of drug-likeness (QED) is 0.314. The molecule has 1 fully saturated rings. The van der Waals surface area contributed by atoms with Crippen molar-refractivity contribution >= 4 is 17.1 Å². The number of ether oxygens (including phenoxy) is 1. The molecule has 0 unspecified atom stereocenters. The summed E-state index contributed by atoms with van der Waals surface area (Å²) in [5.74, 6) is -0.589. The molecule has 4 atom stereocenters. The van der Waals surface area contributed by atoms with Gasteiger partial charge in [-0.15, -0.1) is 0 Å². The van der Waals surface area contributed by atoms with Gasteiger partial charge >= 0.3 is 0 Å². The normalized spacial score (nSPS) is 26.6. The number of nitrogen functional groups attached to an aromatic ring is 1. The minimum Gasteiger partial charge on any atom is -0.396 e. The number of fused-ring (bicyclic) bond motifs is 1. The smallest absolute Gasteiger partial charge is 0.280 e. The van der Waals surface area contributed by atoms with Crippen molar-refractivity contribution in [2.45, 2.75) is 24.9 Å². The molecule has 3 rings (SSSR count). The summed E-state index contributed by atoms with van der Waals surface area (Å²) in [6.45, 7) is -0.131. The molecule has 24 heavy (non-hydrogen) atoms. The zero-order chi connectivity index (χ0) is 17.3. The van der Waals surface area contributed by atoms with Crippen LogP contribution < -0.4 is 11.3 Å². The molecule has 2 aromatic rings. The lowest BCUT2D eigenvalue weighted by Gasteiger charge is -2.17. The second-order valence-corrected chi connectivity index (χ2v) is 5.42. The number of imidazole rings is 1. The third-order valence-electron chi connectivity index (χ3n) is 4.02. The fraction of sp³-hybridized carbons (Fsp3) is 0.583. The molecule has 0 radical (unpaired) electrons. The highest BCUT2D eigenvalue weighted by atomic mass is 16.5. The molecular formula is C12H16N8O4. The van der Waals surface area contributed by atoms with Crippen molar-refractivity contribution < 1.29 is 14.9 Å². The Balaban J connectivity index is 2.00. The van der Waals surface area contributed by atoms with Crippen molar-refractivity contribution in [2.75, 3.05) is 18.9 Å². The SMILES string of the molecule is [N-]=[N+]=NC[C@H]1[C@@H](O)[C@H](n2cnc3c(=O)[nH]c(N)nc32)O[C@@H]1CCO. The van der Waals surface area contributed by atoms with E-state index in [1.54, 1.807) is 0 Å². The summed E-state index contributed by atoms with van der Waals surface area (Å²) >= 11 is 0. The molecule has 5 N–H and O–H groups in total. The second-order valence-electron chi connectivity index (χ2n) is 5.42. The number of aliphatic hydroxyl groups excluding tert-OH is 2. The largest absolute Gasteiger partial charge is 0.396 e. The Bertz CT molecular complexity index is 841. The van der Waals surface area contributed by atoms with E-state index in [2.05, 4.69) is 25.0 Å². The Labute approximate surface area is 134 Å². The standard InChI is InChI=1S/C12H16N8O4/c13-12-17-9-7(10(23)18-12)15-4-20(9)11-8(22)5(3-16-19-14)6(24-11)1-2-21/h4-6,8,11,21-22H,1-3H2,(H3,13,17,18,23)/t5-,6-,8-,11-/m1/s1. The first-order valence-corrected chi connectivity index (χ1v) is 7.24. The monoisotopic (exact) mass is 336 g/mol. The fourth-order valence-corrected chi connectivity index (χ4v) is 2.92. The highest BCUT2D eigenvalue weighted by Crippen LogP contribution is 2.36. The number of azide groups is 1. The maximum absolute atomic E-state index is 11.8. The molecule has 0 bridgehead atoms. The van der Waals surface area contributed by atoms with Gasteiger partial charge < -0.3 is 20.7 Å². The number of nitrogens with zero attached hydrogens (tertiary/aromatic N) is 6. The van der Waals surface area contributed by atoms with Crippen LogP contribution in [0.5, 0.6) is 0 Å². The van der Waals surface area contributed by atoms with Gasteiger partial charge in [-0.3, -0.25) is 14.3 Å². The first-order valence-electron chi connectivity index (χ1n) is 7.24. The van der Waals surface area contributed by atoms with E-state index in [4.69, 9.17) is 21.1 Å². The molecule has 128 valence electrons. The zero-order valence-corrected chi connectivity index (χ0v) is 12.5. The number of nitrogens with two attached hydrogens (primary N) is 1. The average molecular weight is 336 g/mol. The van der Waals surface area contributed by atoms with Crippen LogP contribution in [0, 0.1) is 5.92 Å². The van der Waals surface area contributed by atoms with E-state index in [9.17, 15) is 9.90 Å². The Kier molecular flexibility index (Phi) is 4.36. The molecule has 0 aliphatic carbocycles. The van der Waals surface area contributed by atoms with Gasteiger partial charge in [-0.2, -0.15) is 4.98 Å². The molecule has 1 aliphatic rings. The Hall–Kier alpha value is -2.66. The molecular weight excluding hydrogens is 320 g/mol. The number of hydrogen-bond donors (Lipinski definition) is 4. The number of aliphatic hydroxyl groups is 2. The summed E-state index contributed by atoms with van der Waals surface area (Å²) in [5.41, 5.74) is 13.8. The second kappa shape index (κ2) is 6.45. The number of anilines is 1. The highest BCUT2D eigenvalue weighted by Gasteiger charge is 2.44. The van der Waals surface area contributed by atoms with Gasteiger partial charge in [0.1, 0.15) is 6.10 Å². The topological polar surface area (TPSA) is 188 Å². The predicted octanol–water partition coefficient (Wildman–Crippen LogP) is -0.731. The lowest BCUT2D eigenvalue weighted by Crippen LogP contribution is -2.29. The summed E-state index contributed by atoms with van der Waals surface area (Å²) < 4.78 is 7.20. The van der Waals surface area contributed by atoms with E-state index in [0.717, 1.165) is 0 Å². The van der Waals surface area contributed by atoms with Crippen LogP contribution in [0.15, 0.2) is 16.2 Å². The van der Waals surface area contributed by atoms with Crippen LogP contribution in [0.1, 0.15) is 12.6 Å². The molecule has 0 spiro atoms. The van der Waals surface area contributed by atoms with Gasteiger partial charge in [-0.1, -0.05) is 5.11 Å².